The highest BCUT2D eigenvalue weighted by atomic mass is 79.9. The third-order valence-electron chi connectivity index (χ3n) is 4.11. The normalized spacial score (nSPS) is 13.9. The Morgan fingerprint density at radius 2 is 1.79 bits per heavy atom. The first kappa shape index (κ1) is 18.1. The molecule has 0 bridgehead atoms. The zero-order valence-electron chi connectivity index (χ0n) is 14.3. The number of benzene rings is 3. The molecular formula is C22H12BrFO4. The zero-order valence-corrected chi connectivity index (χ0v) is 15.9. The van der Waals surface area contributed by atoms with E-state index in [1.54, 1.807) is 12.1 Å². The van der Waals surface area contributed by atoms with Crippen LogP contribution in [-0.2, 0) is 0 Å². The van der Waals surface area contributed by atoms with Gasteiger partial charge in [-0.2, -0.15) is 0 Å². The van der Waals surface area contributed by atoms with E-state index < -0.39 is 11.8 Å². The van der Waals surface area contributed by atoms with Gasteiger partial charge in [-0.3, -0.25) is 4.79 Å². The van der Waals surface area contributed by atoms with Crippen molar-refractivity contribution in [2.75, 3.05) is 0 Å². The summed E-state index contributed by atoms with van der Waals surface area (Å²) in [5, 5.41) is 0. The number of halogens is 2. The van der Waals surface area contributed by atoms with Gasteiger partial charge in [0.2, 0.25) is 5.78 Å². The number of Topliss-reactive ketones (excluding diaryl/α,β-unsaturated/α-hetero) is 1. The smallest absolute Gasteiger partial charge is 0.346 e. The van der Waals surface area contributed by atoms with Gasteiger partial charge < -0.3 is 9.47 Å². The number of carbonyl (C=O) groups excluding carboxylic acids is 2. The van der Waals surface area contributed by atoms with Crippen molar-refractivity contribution in [1.29, 1.82) is 0 Å². The van der Waals surface area contributed by atoms with E-state index in [1.807, 2.05) is 24.3 Å². The molecule has 0 amide bonds. The fourth-order valence-corrected chi connectivity index (χ4v) is 2.99. The van der Waals surface area contributed by atoms with Gasteiger partial charge in [-0.05, 0) is 48.0 Å². The third kappa shape index (κ3) is 3.59. The number of fused-ring (bicyclic) bond motifs is 1. The van der Waals surface area contributed by atoms with E-state index in [4.69, 9.17) is 9.47 Å². The molecule has 0 radical (unpaired) electrons. The monoisotopic (exact) mass is 438 g/mol. The van der Waals surface area contributed by atoms with Crippen LogP contribution in [0, 0.1) is 5.82 Å². The highest BCUT2D eigenvalue weighted by Gasteiger charge is 2.28. The Morgan fingerprint density at radius 3 is 2.54 bits per heavy atom. The van der Waals surface area contributed by atoms with Gasteiger partial charge in [0.15, 0.2) is 5.76 Å². The molecule has 0 saturated carbocycles. The summed E-state index contributed by atoms with van der Waals surface area (Å²) in [6, 6.07) is 17.4. The minimum Gasteiger partial charge on any atom is -0.452 e. The predicted octanol–water partition coefficient (Wildman–Crippen LogP) is 5.42. The Hall–Kier alpha value is -3.25. The lowest BCUT2D eigenvalue weighted by Crippen LogP contribution is -2.10. The van der Waals surface area contributed by atoms with Crippen molar-refractivity contribution in [2.45, 2.75) is 0 Å². The summed E-state index contributed by atoms with van der Waals surface area (Å²) < 4.78 is 25.5. The molecule has 6 heteroatoms. The maximum absolute atomic E-state index is 13.7. The molecule has 0 aromatic heterocycles. The van der Waals surface area contributed by atoms with Gasteiger partial charge in [0, 0.05) is 10.5 Å². The summed E-state index contributed by atoms with van der Waals surface area (Å²) in [6.07, 6.45) is 1.64. The van der Waals surface area contributed by atoms with Crippen LogP contribution in [0.15, 0.2) is 77.0 Å². The van der Waals surface area contributed by atoms with E-state index in [-0.39, 0.29) is 28.6 Å². The summed E-state index contributed by atoms with van der Waals surface area (Å²) in [4.78, 5) is 24.7. The van der Waals surface area contributed by atoms with E-state index in [9.17, 15) is 14.0 Å². The maximum atomic E-state index is 13.7. The van der Waals surface area contributed by atoms with E-state index in [1.165, 1.54) is 36.4 Å². The second kappa shape index (κ2) is 7.40. The first-order valence-electron chi connectivity index (χ1n) is 8.32. The first-order chi connectivity index (χ1) is 13.5. The number of ketones is 1. The van der Waals surface area contributed by atoms with Crippen molar-refractivity contribution in [2.24, 2.45) is 0 Å². The van der Waals surface area contributed by atoms with Crippen molar-refractivity contribution in [1.82, 2.24) is 0 Å². The molecule has 1 aliphatic rings. The lowest BCUT2D eigenvalue weighted by Gasteiger charge is -2.06. The molecule has 4 rings (SSSR count). The number of allylic oxidation sites excluding steroid dienone is 1. The second-order valence-corrected chi connectivity index (χ2v) is 6.93. The van der Waals surface area contributed by atoms with Crippen molar-refractivity contribution < 1.29 is 23.5 Å². The summed E-state index contributed by atoms with van der Waals surface area (Å²) >= 11 is 3.36. The Kier molecular flexibility index (Phi) is 4.79. The number of hydrogen-bond donors (Lipinski definition) is 0. The van der Waals surface area contributed by atoms with Crippen molar-refractivity contribution in [3.05, 3.63) is 99.5 Å². The van der Waals surface area contributed by atoms with Crippen LogP contribution in [0.3, 0.4) is 0 Å². The average molecular weight is 439 g/mol. The topological polar surface area (TPSA) is 52.6 Å². The average Bonchev–Trinajstić information content (AvgIpc) is 2.99. The molecule has 28 heavy (non-hydrogen) atoms. The number of ether oxygens (including phenoxy) is 2. The molecule has 0 N–H and O–H groups in total. The fourth-order valence-electron chi connectivity index (χ4n) is 2.73. The highest BCUT2D eigenvalue weighted by molar-refractivity contribution is 9.10. The van der Waals surface area contributed by atoms with Gasteiger partial charge >= 0.3 is 5.97 Å². The fraction of sp³-hybridized carbons (Fsp3) is 0. The number of esters is 1. The first-order valence-corrected chi connectivity index (χ1v) is 9.11. The van der Waals surface area contributed by atoms with Gasteiger partial charge in [0.05, 0.1) is 11.1 Å². The largest absolute Gasteiger partial charge is 0.452 e. The van der Waals surface area contributed by atoms with E-state index in [2.05, 4.69) is 15.9 Å². The SMILES string of the molecule is O=C(Oc1ccc2c(c1)OC(=Cc1ccc(Br)cc1)C2=O)c1ccccc1F. The Labute approximate surface area is 168 Å². The Morgan fingerprint density at radius 1 is 1.04 bits per heavy atom. The maximum Gasteiger partial charge on any atom is 0.346 e. The third-order valence-corrected chi connectivity index (χ3v) is 4.64. The highest BCUT2D eigenvalue weighted by Crippen LogP contribution is 2.35. The van der Waals surface area contributed by atoms with Gasteiger partial charge in [-0.25, -0.2) is 9.18 Å². The summed E-state index contributed by atoms with van der Waals surface area (Å²) in [5.74, 6) is -1.13. The van der Waals surface area contributed by atoms with Crippen LogP contribution < -0.4 is 9.47 Å². The van der Waals surface area contributed by atoms with Crippen LogP contribution >= 0.6 is 15.9 Å². The van der Waals surface area contributed by atoms with E-state index >= 15 is 0 Å². The van der Waals surface area contributed by atoms with Gasteiger partial charge in [-0.15, -0.1) is 0 Å². The molecule has 0 saturated heterocycles. The van der Waals surface area contributed by atoms with Crippen molar-refractivity contribution >= 4 is 33.8 Å². The van der Waals surface area contributed by atoms with Gasteiger partial charge in [0.1, 0.15) is 17.3 Å². The van der Waals surface area contributed by atoms with E-state index in [0.717, 1.165) is 10.0 Å². The molecule has 1 heterocycles. The minimum absolute atomic E-state index is 0.157. The van der Waals surface area contributed by atoms with Crippen LogP contribution in [0.4, 0.5) is 4.39 Å². The molecule has 0 aliphatic carbocycles. The van der Waals surface area contributed by atoms with Crippen LogP contribution in [0.25, 0.3) is 6.08 Å². The molecule has 0 fully saturated rings. The molecule has 0 atom stereocenters. The number of carbonyl (C=O) groups is 2. The second-order valence-electron chi connectivity index (χ2n) is 6.02. The molecule has 3 aromatic rings. The molecule has 0 unspecified atom stereocenters. The lowest BCUT2D eigenvalue weighted by molar-refractivity contribution is 0.0729. The lowest BCUT2D eigenvalue weighted by atomic mass is 10.1. The molecule has 4 nitrogen and oxygen atoms in total. The van der Waals surface area contributed by atoms with Crippen molar-refractivity contribution in [3.8, 4) is 11.5 Å². The van der Waals surface area contributed by atoms with Gasteiger partial charge in [0.25, 0.3) is 0 Å². The van der Waals surface area contributed by atoms with Crippen LogP contribution in [0.5, 0.6) is 11.5 Å². The molecule has 138 valence electrons. The summed E-state index contributed by atoms with van der Waals surface area (Å²) in [7, 11) is 0. The molecule has 1 aliphatic heterocycles. The number of rotatable bonds is 3. The van der Waals surface area contributed by atoms with Gasteiger partial charge in [-0.1, -0.05) is 40.2 Å². The standard InChI is InChI=1S/C22H12BrFO4/c23-14-7-5-13(6-8-14)11-20-21(25)17-10-9-15(12-19(17)28-20)27-22(26)16-3-1-2-4-18(16)24/h1-12H. The van der Waals surface area contributed by atoms with Crippen molar-refractivity contribution in [3.63, 3.8) is 0 Å². The van der Waals surface area contributed by atoms with Crippen LogP contribution in [-0.4, -0.2) is 11.8 Å². The predicted molar refractivity (Wildman–Crippen MR) is 105 cm³/mol. The molecule has 0 spiro atoms. The molecular weight excluding hydrogens is 427 g/mol. The summed E-state index contributed by atoms with van der Waals surface area (Å²) in [6.45, 7) is 0. The van der Waals surface area contributed by atoms with Crippen LogP contribution in [0.2, 0.25) is 0 Å². The van der Waals surface area contributed by atoms with Crippen LogP contribution in [0.1, 0.15) is 26.3 Å². The van der Waals surface area contributed by atoms with E-state index in [0.29, 0.717) is 5.56 Å². The summed E-state index contributed by atoms with van der Waals surface area (Å²) in [5.41, 5.74) is 1.01. The molecule has 3 aromatic carbocycles. The Bertz CT molecular complexity index is 1120. The Balaban J connectivity index is 1.56. The number of hydrogen-bond acceptors (Lipinski definition) is 4. The quantitative estimate of drug-likeness (QED) is 0.311. The zero-order chi connectivity index (χ0) is 19.7. The minimum atomic E-state index is -0.826.